The van der Waals surface area contributed by atoms with E-state index in [0.717, 1.165) is 5.56 Å². The van der Waals surface area contributed by atoms with Crippen LogP contribution < -0.4 is 0 Å². The van der Waals surface area contributed by atoms with Crippen molar-refractivity contribution >= 4 is 11.6 Å². The molecular weight excluding hydrogens is 214 g/mol. The van der Waals surface area contributed by atoms with E-state index >= 15 is 0 Å². The number of Topliss-reactive ketones (excluding diaryl/α,β-unsaturated/α-hetero) is 2. The van der Waals surface area contributed by atoms with Gasteiger partial charge in [0.25, 0.3) is 0 Å². The SMILES string of the molecule is CC(=O)C(CC(=O)C(C)C)Cc1cccnc1. The average Bonchev–Trinajstić information content (AvgIpc) is 2.29. The second-order valence-electron chi connectivity index (χ2n) is 4.70. The summed E-state index contributed by atoms with van der Waals surface area (Å²) in [7, 11) is 0. The minimum Gasteiger partial charge on any atom is -0.300 e. The zero-order valence-corrected chi connectivity index (χ0v) is 10.6. The van der Waals surface area contributed by atoms with Gasteiger partial charge in [-0.3, -0.25) is 14.6 Å². The molecule has 0 aliphatic carbocycles. The molecule has 0 aromatic carbocycles. The summed E-state index contributed by atoms with van der Waals surface area (Å²) in [4.78, 5) is 27.2. The average molecular weight is 233 g/mol. The zero-order chi connectivity index (χ0) is 12.8. The van der Waals surface area contributed by atoms with Gasteiger partial charge in [-0.25, -0.2) is 0 Å². The van der Waals surface area contributed by atoms with Crippen LogP contribution in [0.3, 0.4) is 0 Å². The zero-order valence-electron chi connectivity index (χ0n) is 10.6. The van der Waals surface area contributed by atoms with Crippen molar-refractivity contribution in [2.45, 2.75) is 33.6 Å². The second kappa shape index (κ2) is 6.28. The van der Waals surface area contributed by atoms with Crippen molar-refractivity contribution in [1.29, 1.82) is 0 Å². The third-order valence-electron chi connectivity index (χ3n) is 2.87. The Labute approximate surface area is 102 Å². The van der Waals surface area contributed by atoms with E-state index in [1.54, 1.807) is 19.3 Å². The van der Waals surface area contributed by atoms with Crippen molar-refractivity contribution in [2.24, 2.45) is 11.8 Å². The summed E-state index contributed by atoms with van der Waals surface area (Å²) in [5, 5.41) is 0. The Morgan fingerprint density at radius 2 is 2.06 bits per heavy atom. The highest BCUT2D eigenvalue weighted by atomic mass is 16.1. The summed E-state index contributed by atoms with van der Waals surface area (Å²) < 4.78 is 0. The molecule has 92 valence electrons. The van der Waals surface area contributed by atoms with E-state index in [2.05, 4.69) is 4.98 Å². The van der Waals surface area contributed by atoms with Crippen LogP contribution in [0.25, 0.3) is 0 Å². The first-order valence-electron chi connectivity index (χ1n) is 5.92. The molecule has 0 bridgehead atoms. The van der Waals surface area contributed by atoms with Crippen molar-refractivity contribution in [2.75, 3.05) is 0 Å². The van der Waals surface area contributed by atoms with Crippen molar-refractivity contribution in [3.05, 3.63) is 30.1 Å². The number of hydrogen-bond acceptors (Lipinski definition) is 3. The monoisotopic (exact) mass is 233 g/mol. The van der Waals surface area contributed by atoms with E-state index in [1.807, 2.05) is 26.0 Å². The minimum atomic E-state index is -0.214. The number of hydrogen-bond donors (Lipinski definition) is 0. The van der Waals surface area contributed by atoms with Gasteiger partial charge in [0.15, 0.2) is 0 Å². The Morgan fingerprint density at radius 3 is 2.53 bits per heavy atom. The van der Waals surface area contributed by atoms with Crippen LogP contribution in [0, 0.1) is 11.8 Å². The van der Waals surface area contributed by atoms with Gasteiger partial charge in [-0.05, 0) is 25.0 Å². The van der Waals surface area contributed by atoms with Crippen LogP contribution in [0.4, 0.5) is 0 Å². The normalized spacial score (nSPS) is 12.5. The number of carbonyl (C=O) groups excluding carboxylic acids is 2. The van der Waals surface area contributed by atoms with Crippen molar-refractivity contribution < 1.29 is 9.59 Å². The molecule has 0 fully saturated rings. The first-order chi connectivity index (χ1) is 8.00. The molecular formula is C14H19NO2. The summed E-state index contributed by atoms with van der Waals surface area (Å²) in [5.74, 6) is -0.00297. The predicted octanol–water partition coefficient (Wildman–Crippen LogP) is 2.44. The largest absolute Gasteiger partial charge is 0.300 e. The fourth-order valence-electron chi connectivity index (χ4n) is 1.64. The van der Waals surface area contributed by atoms with Gasteiger partial charge in [-0.1, -0.05) is 19.9 Å². The first kappa shape index (κ1) is 13.6. The van der Waals surface area contributed by atoms with Crippen LogP contribution in [-0.4, -0.2) is 16.6 Å². The van der Waals surface area contributed by atoms with Gasteiger partial charge in [0.2, 0.25) is 0 Å². The molecule has 1 aromatic rings. The van der Waals surface area contributed by atoms with Crippen LogP contribution in [0.2, 0.25) is 0 Å². The smallest absolute Gasteiger partial charge is 0.136 e. The van der Waals surface area contributed by atoms with Crippen molar-refractivity contribution in [3.63, 3.8) is 0 Å². The van der Waals surface area contributed by atoms with Crippen LogP contribution >= 0.6 is 0 Å². The molecule has 0 aliphatic rings. The van der Waals surface area contributed by atoms with Gasteiger partial charge >= 0.3 is 0 Å². The van der Waals surface area contributed by atoms with Gasteiger partial charge in [0.05, 0.1) is 0 Å². The molecule has 0 amide bonds. The van der Waals surface area contributed by atoms with E-state index in [1.165, 1.54) is 0 Å². The number of rotatable bonds is 6. The Kier molecular flexibility index (Phi) is 5.01. The Morgan fingerprint density at radius 1 is 1.35 bits per heavy atom. The molecule has 3 heteroatoms. The number of carbonyl (C=O) groups is 2. The molecule has 1 rings (SSSR count). The predicted molar refractivity (Wildman–Crippen MR) is 66.6 cm³/mol. The van der Waals surface area contributed by atoms with Crippen molar-refractivity contribution in [3.8, 4) is 0 Å². The maximum Gasteiger partial charge on any atom is 0.136 e. The van der Waals surface area contributed by atoms with E-state index < -0.39 is 0 Å². The molecule has 1 aromatic heterocycles. The lowest BCUT2D eigenvalue weighted by atomic mass is 9.89. The third-order valence-corrected chi connectivity index (χ3v) is 2.87. The number of aromatic nitrogens is 1. The Balaban J connectivity index is 2.68. The van der Waals surface area contributed by atoms with E-state index in [0.29, 0.717) is 12.8 Å². The minimum absolute atomic E-state index is 0.00857. The lowest BCUT2D eigenvalue weighted by Gasteiger charge is -2.14. The van der Waals surface area contributed by atoms with Crippen LogP contribution in [-0.2, 0) is 16.0 Å². The number of nitrogens with zero attached hydrogens (tertiary/aromatic N) is 1. The summed E-state index contributed by atoms with van der Waals surface area (Å²) in [6.45, 7) is 5.28. The van der Waals surface area contributed by atoms with Gasteiger partial charge in [-0.15, -0.1) is 0 Å². The van der Waals surface area contributed by atoms with Crippen LogP contribution in [0.5, 0.6) is 0 Å². The lowest BCUT2D eigenvalue weighted by molar-refractivity contribution is -0.128. The van der Waals surface area contributed by atoms with Crippen LogP contribution in [0.1, 0.15) is 32.8 Å². The molecule has 0 saturated carbocycles. The summed E-state index contributed by atoms with van der Waals surface area (Å²) in [5.41, 5.74) is 1.00. The standard InChI is InChI=1S/C14H19NO2/c1-10(2)14(17)8-13(11(3)16)7-12-5-4-6-15-9-12/h4-6,9-10,13H,7-8H2,1-3H3. The lowest BCUT2D eigenvalue weighted by Crippen LogP contribution is -2.21. The fourth-order valence-corrected chi connectivity index (χ4v) is 1.64. The van der Waals surface area contributed by atoms with E-state index in [4.69, 9.17) is 0 Å². The molecule has 17 heavy (non-hydrogen) atoms. The van der Waals surface area contributed by atoms with Gasteiger partial charge in [0.1, 0.15) is 11.6 Å². The molecule has 0 aliphatic heterocycles. The van der Waals surface area contributed by atoms with E-state index in [9.17, 15) is 9.59 Å². The molecule has 0 spiro atoms. The molecule has 1 atom stereocenters. The van der Waals surface area contributed by atoms with Crippen LogP contribution in [0.15, 0.2) is 24.5 Å². The fraction of sp³-hybridized carbons (Fsp3) is 0.500. The molecule has 3 nitrogen and oxygen atoms in total. The molecule has 0 radical (unpaired) electrons. The van der Waals surface area contributed by atoms with Gasteiger partial charge in [0, 0.05) is 30.7 Å². The van der Waals surface area contributed by atoms with Gasteiger partial charge < -0.3 is 0 Å². The Hall–Kier alpha value is -1.51. The molecule has 1 heterocycles. The number of ketones is 2. The molecule has 1 unspecified atom stereocenters. The van der Waals surface area contributed by atoms with E-state index in [-0.39, 0.29) is 23.4 Å². The van der Waals surface area contributed by atoms with Gasteiger partial charge in [-0.2, -0.15) is 0 Å². The summed E-state index contributed by atoms with van der Waals surface area (Å²) >= 11 is 0. The summed E-state index contributed by atoms with van der Waals surface area (Å²) in [6.07, 6.45) is 4.38. The Bertz CT molecular complexity index is 384. The maximum absolute atomic E-state index is 11.7. The highest BCUT2D eigenvalue weighted by molar-refractivity contribution is 5.87. The highest BCUT2D eigenvalue weighted by Gasteiger charge is 2.20. The van der Waals surface area contributed by atoms with Crippen molar-refractivity contribution in [1.82, 2.24) is 4.98 Å². The summed E-state index contributed by atoms with van der Waals surface area (Å²) in [6, 6.07) is 3.78. The quantitative estimate of drug-likeness (QED) is 0.758. The first-order valence-corrected chi connectivity index (χ1v) is 5.92. The maximum atomic E-state index is 11.7. The topological polar surface area (TPSA) is 47.0 Å². The third kappa shape index (κ3) is 4.47. The second-order valence-corrected chi connectivity index (χ2v) is 4.70. The number of pyridine rings is 1. The highest BCUT2D eigenvalue weighted by Crippen LogP contribution is 2.15. The molecule has 0 saturated heterocycles. The molecule has 0 N–H and O–H groups in total.